The molecule has 4 atom stereocenters. The van der Waals surface area contributed by atoms with Crippen LogP contribution in [-0.4, -0.2) is 34.2 Å². The number of amides is 1. The quantitative estimate of drug-likeness (QED) is 0.344. The molecule has 2 aliphatic heterocycles. The molecule has 0 bridgehead atoms. The minimum absolute atomic E-state index is 0. The Kier molecular flexibility index (Phi) is 7.44. The summed E-state index contributed by atoms with van der Waals surface area (Å²) in [7, 11) is 0. The van der Waals surface area contributed by atoms with Crippen LogP contribution < -0.4 is 10.1 Å². The molecule has 39 heavy (non-hydrogen) atoms. The summed E-state index contributed by atoms with van der Waals surface area (Å²) in [6.45, 7) is 2.79. The summed E-state index contributed by atoms with van der Waals surface area (Å²) in [5.74, 6) is -1.30. The third-order valence-corrected chi connectivity index (χ3v) is 8.60. The first-order chi connectivity index (χ1) is 18.4. The molecule has 1 saturated heterocycles. The lowest BCUT2D eigenvalue weighted by Crippen LogP contribution is -2.51. The lowest BCUT2D eigenvalue weighted by atomic mass is 9.68. The lowest BCUT2D eigenvalue weighted by Gasteiger charge is -2.39. The van der Waals surface area contributed by atoms with Gasteiger partial charge in [0.05, 0.1) is 11.6 Å². The Bertz CT molecular complexity index is 1450. The van der Waals surface area contributed by atoms with Gasteiger partial charge in [0.15, 0.2) is 0 Å². The monoisotopic (exact) mass is 569 g/mol. The molecule has 204 valence electrons. The third kappa shape index (κ3) is 4.22. The molecule has 1 spiro atoms. The lowest BCUT2D eigenvalue weighted by molar-refractivity contribution is -0.128. The number of likely N-dealkylation sites (tertiary alicyclic amines) is 1. The van der Waals surface area contributed by atoms with Crippen LogP contribution in [0.25, 0.3) is 0 Å². The number of halogens is 3. The van der Waals surface area contributed by atoms with E-state index in [9.17, 15) is 9.59 Å². The van der Waals surface area contributed by atoms with Crippen molar-refractivity contribution in [2.75, 3.05) is 11.9 Å². The number of ketones is 1. The van der Waals surface area contributed by atoms with Crippen molar-refractivity contribution in [3.05, 3.63) is 87.3 Å². The Hall–Kier alpha value is -3.00. The molecule has 3 aliphatic rings. The van der Waals surface area contributed by atoms with Gasteiger partial charge in [-0.05, 0) is 61.2 Å². The van der Waals surface area contributed by atoms with Crippen molar-refractivity contribution in [1.29, 1.82) is 0 Å². The van der Waals surface area contributed by atoms with Crippen molar-refractivity contribution in [2.24, 2.45) is 5.92 Å². The third-order valence-electron chi connectivity index (χ3n) is 8.10. The molecule has 1 amide bonds. The fraction of sp³-hybridized carbons (Fsp3) is 0.367. The molecule has 0 unspecified atom stereocenters. The Morgan fingerprint density at radius 2 is 1.95 bits per heavy atom. The number of aromatic nitrogens is 1. The number of fused-ring (bicyclic) bond motifs is 3. The molecule has 3 heterocycles. The number of nitrogens with zero attached hydrogens (tertiary/aromatic N) is 2. The highest BCUT2D eigenvalue weighted by molar-refractivity contribution is 6.31. The van der Waals surface area contributed by atoms with Crippen molar-refractivity contribution >= 4 is 40.7 Å². The van der Waals surface area contributed by atoms with Gasteiger partial charge in [0.25, 0.3) is 5.91 Å². The van der Waals surface area contributed by atoms with Gasteiger partial charge in [0.1, 0.15) is 33.9 Å². The first kappa shape index (κ1) is 27.6. The number of hydrogen-bond donors (Lipinski definition) is 1. The number of pyridine rings is 1. The summed E-state index contributed by atoms with van der Waals surface area (Å²) in [6.07, 6.45) is 1.78. The molecule has 1 aromatic heterocycles. The summed E-state index contributed by atoms with van der Waals surface area (Å²) in [5.41, 5.74) is 0.364. The number of rotatable bonds is 5. The van der Waals surface area contributed by atoms with Gasteiger partial charge in [-0.3, -0.25) is 14.5 Å². The molecule has 0 radical (unpaired) electrons. The molecule has 3 aromatic rings. The van der Waals surface area contributed by atoms with Gasteiger partial charge in [-0.25, -0.2) is 9.37 Å². The average molecular weight is 570 g/mol. The summed E-state index contributed by atoms with van der Waals surface area (Å²) in [6, 6.07) is 15.6. The van der Waals surface area contributed by atoms with E-state index in [0.29, 0.717) is 43.8 Å². The summed E-state index contributed by atoms with van der Waals surface area (Å²) < 4.78 is 21.5. The van der Waals surface area contributed by atoms with Crippen molar-refractivity contribution in [1.82, 2.24) is 9.88 Å². The molecular weight excluding hydrogens is 540 g/mol. The zero-order valence-corrected chi connectivity index (χ0v) is 22.2. The van der Waals surface area contributed by atoms with Crippen molar-refractivity contribution in [3.63, 3.8) is 0 Å². The standard InChI is InChI=1S/C29H26Cl2FN3O3.CH4/c1-2-38-17-7-3-6-16(14-17)15-35-21-10-5-11-22(36)24(21)25(18-8-4-9-20(30)26(18)32)29(35)19-12-13-23(31)33-27(19)34-28(29)37;/h3-4,6-9,12-14,21,24-25H,2,5,10-11,15H2,1H3,(H,33,34,37);1H4/t21-,24-,25-,29+;/m0./s1. The van der Waals surface area contributed by atoms with Crippen LogP contribution in [0.3, 0.4) is 0 Å². The van der Waals surface area contributed by atoms with E-state index < -0.39 is 23.2 Å². The van der Waals surface area contributed by atoms with Crippen molar-refractivity contribution in [2.45, 2.75) is 57.7 Å². The van der Waals surface area contributed by atoms with E-state index in [0.717, 1.165) is 11.3 Å². The second-order valence-corrected chi connectivity index (χ2v) is 10.8. The van der Waals surface area contributed by atoms with Gasteiger partial charge >= 0.3 is 0 Å². The van der Waals surface area contributed by atoms with Crippen LogP contribution in [0.2, 0.25) is 10.2 Å². The van der Waals surface area contributed by atoms with Gasteiger partial charge in [-0.2, -0.15) is 0 Å². The number of benzene rings is 2. The number of ether oxygens (including phenoxy) is 1. The minimum Gasteiger partial charge on any atom is -0.494 e. The number of Topliss-reactive ketones (excluding diaryl/α,β-unsaturated/α-hetero) is 1. The highest BCUT2D eigenvalue weighted by atomic mass is 35.5. The van der Waals surface area contributed by atoms with Gasteiger partial charge in [-0.15, -0.1) is 0 Å². The highest BCUT2D eigenvalue weighted by Gasteiger charge is 2.69. The van der Waals surface area contributed by atoms with Crippen LogP contribution in [0.5, 0.6) is 5.75 Å². The second-order valence-electron chi connectivity index (χ2n) is 10.0. The van der Waals surface area contributed by atoms with Crippen LogP contribution in [0, 0.1) is 11.7 Å². The van der Waals surface area contributed by atoms with E-state index in [1.807, 2.05) is 31.2 Å². The maximum Gasteiger partial charge on any atom is 0.251 e. The normalized spacial score (nSPS) is 25.7. The Labute approximate surface area is 237 Å². The van der Waals surface area contributed by atoms with E-state index in [1.54, 1.807) is 24.3 Å². The van der Waals surface area contributed by atoms with Gasteiger partial charge in [-0.1, -0.05) is 54.9 Å². The smallest absolute Gasteiger partial charge is 0.251 e. The van der Waals surface area contributed by atoms with E-state index in [-0.39, 0.29) is 40.9 Å². The number of carbonyl (C=O) groups is 2. The van der Waals surface area contributed by atoms with Gasteiger partial charge < -0.3 is 10.1 Å². The van der Waals surface area contributed by atoms with Crippen molar-refractivity contribution in [3.8, 4) is 5.75 Å². The van der Waals surface area contributed by atoms with Crippen LogP contribution in [0.1, 0.15) is 56.2 Å². The molecule has 9 heteroatoms. The number of carbonyl (C=O) groups excluding carboxylic acids is 2. The maximum absolute atomic E-state index is 15.8. The first-order valence-electron chi connectivity index (χ1n) is 12.8. The number of anilines is 1. The molecule has 6 rings (SSSR count). The fourth-order valence-electron chi connectivity index (χ4n) is 6.78. The number of nitrogens with one attached hydrogen (secondary N) is 1. The first-order valence-corrected chi connectivity index (χ1v) is 13.6. The van der Waals surface area contributed by atoms with Crippen LogP contribution in [-0.2, 0) is 21.7 Å². The van der Waals surface area contributed by atoms with E-state index in [2.05, 4.69) is 15.2 Å². The average Bonchev–Trinajstić information content (AvgIpc) is 3.34. The minimum atomic E-state index is -1.39. The molecule has 1 saturated carbocycles. The van der Waals surface area contributed by atoms with Gasteiger partial charge in [0, 0.05) is 36.4 Å². The zero-order valence-electron chi connectivity index (χ0n) is 20.7. The van der Waals surface area contributed by atoms with Crippen molar-refractivity contribution < 1.29 is 18.7 Å². The molecule has 2 aromatic carbocycles. The van der Waals surface area contributed by atoms with E-state index in [1.165, 1.54) is 6.07 Å². The van der Waals surface area contributed by atoms with Gasteiger partial charge in [0.2, 0.25) is 0 Å². The zero-order chi connectivity index (χ0) is 26.6. The molecule has 1 aliphatic carbocycles. The topological polar surface area (TPSA) is 71.5 Å². The van der Waals surface area contributed by atoms with E-state index in [4.69, 9.17) is 27.9 Å². The molecular formula is C30H30Cl2FN3O3. The summed E-state index contributed by atoms with van der Waals surface area (Å²) >= 11 is 12.5. The molecule has 1 N–H and O–H groups in total. The van der Waals surface area contributed by atoms with Crippen LogP contribution >= 0.6 is 23.2 Å². The summed E-state index contributed by atoms with van der Waals surface area (Å²) in [4.78, 5) is 34.3. The Balaban J connectivity index is 0.00000308. The highest BCUT2D eigenvalue weighted by Crippen LogP contribution is 2.62. The fourth-order valence-corrected chi connectivity index (χ4v) is 7.11. The predicted molar refractivity (Wildman–Crippen MR) is 150 cm³/mol. The predicted octanol–water partition coefficient (Wildman–Crippen LogP) is 6.75. The Morgan fingerprint density at radius 1 is 1.15 bits per heavy atom. The van der Waals surface area contributed by atoms with Crippen LogP contribution in [0.15, 0.2) is 54.6 Å². The Morgan fingerprint density at radius 3 is 2.74 bits per heavy atom. The molecule has 2 fully saturated rings. The second kappa shape index (κ2) is 10.5. The maximum atomic E-state index is 15.8. The van der Waals surface area contributed by atoms with E-state index >= 15 is 4.39 Å². The number of hydrogen-bond acceptors (Lipinski definition) is 5. The SMILES string of the molecule is C.CCOc1cccc(CN2[C@H]3CCCC(=O)[C@H]3[C@H](c3cccc(Cl)c3F)[C@]23C(=O)Nc2nc(Cl)ccc23)c1. The largest absolute Gasteiger partial charge is 0.494 e. The van der Waals surface area contributed by atoms with Crippen LogP contribution in [0.4, 0.5) is 10.2 Å². The summed E-state index contributed by atoms with van der Waals surface area (Å²) in [5, 5.41) is 3.09. The molecule has 6 nitrogen and oxygen atoms in total.